The number of hydrogen-bond acceptors (Lipinski definition) is 3. The van der Waals surface area contributed by atoms with Gasteiger partial charge in [0, 0.05) is 38.6 Å². The smallest absolute Gasteiger partial charge is 0.0999 e. The molecule has 0 radical (unpaired) electrons. The van der Waals surface area contributed by atoms with Gasteiger partial charge in [0.15, 0.2) is 0 Å². The van der Waals surface area contributed by atoms with Crippen molar-refractivity contribution in [1.29, 1.82) is 15.8 Å². The molecule has 0 bridgehead atoms. The highest BCUT2D eigenvalue weighted by molar-refractivity contribution is 6.16. The molecule has 0 N–H and O–H groups in total. The molecule has 0 saturated heterocycles. The highest BCUT2D eigenvalue weighted by Crippen LogP contribution is 2.56. The zero-order chi connectivity index (χ0) is 37.3. The molecular weight excluding hydrogens is 669 g/mol. The molecule has 9 rings (SSSR count). The summed E-state index contributed by atoms with van der Waals surface area (Å²) in [6.07, 6.45) is 0. The molecule has 0 spiro atoms. The van der Waals surface area contributed by atoms with Crippen LogP contribution in [0.4, 0.5) is 0 Å². The molecule has 0 amide bonds. The number of benzene rings is 8. The van der Waals surface area contributed by atoms with E-state index in [1.807, 2.05) is 48.5 Å². The maximum atomic E-state index is 11.0. The molecule has 0 fully saturated rings. The molecule has 0 aliphatic rings. The van der Waals surface area contributed by atoms with Crippen molar-refractivity contribution in [2.24, 2.45) is 0 Å². The van der Waals surface area contributed by atoms with Crippen molar-refractivity contribution >= 4 is 21.8 Å². The monoisotopic (exact) mass is 698 g/mol. The van der Waals surface area contributed by atoms with E-state index in [2.05, 4.69) is 144 Å². The van der Waals surface area contributed by atoms with Gasteiger partial charge in [-0.2, -0.15) is 15.8 Å². The van der Waals surface area contributed by atoms with Gasteiger partial charge in [-0.1, -0.05) is 158 Å². The second-order valence-electron chi connectivity index (χ2n) is 13.3. The molecule has 4 heteroatoms. The summed E-state index contributed by atoms with van der Waals surface area (Å²) in [7, 11) is 0. The Balaban J connectivity index is 1.69. The van der Waals surface area contributed by atoms with Gasteiger partial charge in [0.25, 0.3) is 0 Å². The summed E-state index contributed by atoms with van der Waals surface area (Å²) in [5.41, 5.74) is 12.5. The number of nitriles is 3. The van der Waals surface area contributed by atoms with Crippen molar-refractivity contribution in [3.8, 4) is 79.5 Å². The summed E-state index contributed by atoms with van der Waals surface area (Å²) in [6, 6.07) is 68.5. The van der Waals surface area contributed by atoms with E-state index in [1.165, 1.54) is 0 Å². The van der Waals surface area contributed by atoms with Gasteiger partial charge in [-0.25, -0.2) is 0 Å². The van der Waals surface area contributed by atoms with Crippen molar-refractivity contribution in [2.45, 2.75) is 0 Å². The van der Waals surface area contributed by atoms with E-state index >= 15 is 0 Å². The number of para-hydroxylation sites is 2. The topological polar surface area (TPSA) is 76.3 Å². The van der Waals surface area contributed by atoms with E-state index in [0.29, 0.717) is 5.56 Å². The van der Waals surface area contributed by atoms with Crippen LogP contribution in [0.25, 0.3) is 83.1 Å². The second kappa shape index (κ2) is 13.9. The van der Waals surface area contributed by atoms with Crippen molar-refractivity contribution in [2.75, 3.05) is 0 Å². The molecular formula is C51H30N4. The highest BCUT2D eigenvalue weighted by atomic mass is 15.0. The average Bonchev–Trinajstić information content (AvgIpc) is 3.60. The van der Waals surface area contributed by atoms with Crippen LogP contribution in [-0.2, 0) is 0 Å². The Hall–Kier alpha value is -7.97. The number of aromatic nitrogens is 1. The minimum atomic E-state index is 0.250. The molecule has 0 atom stereocenters. The van der Waals surface area contributed by atoms with Crippen LogP contribution in [0.1, 0.15) is 16.7 Å². The predicted molar refractivity (Wildman–Crippen MR) is 222 cm³/mol. The first-order valence-corrected chi connectivity index (χ1v) is 18.0. The van der Waals surface area contributed by atoms with E-state index in [0.717, 1.165) is 77.6 Å². The largest absolute Gasteiger partial charge is 0.308 e. The predicted octanol–water partition coefficient (Wildman–Crippen LogP) is 12.7. The summed E-state index contributed by atoms with van der Waals surface area (Å²) in [5.74, 6) is 0. The minimum Gasteiger partial charge on any atom is -0.308 e. The lowest BCUT2D eigenvalue weighted by atomic mass is 9.76. The van der Waals surface area contributed by atoms with Crippen molar-refractivity contribution in [3.05, 3.63) is 199 Å². The van der Waals surface area contributed by atoms with E-state index in [-0.39, 0.29) is 16.7 Å². The van der Waals surface area contributed by atoms with E-state index in [4.69, 9.17) is 0 Å². The average molecular weight is 699 g/mol. The number of fused-ring (bicyclic) bond motifs is 3. The molecule has 1 heterocycles. The Labute approximate surface area is 319 Å². The maximum Gasteiger partial charge on any atom is 0.0999 e. The quantitative estimate of drug-likeness (QED) is 0.173. The van der Waals surface area contributed by atoms with Crippen LogP contribution in [0.15, 0.2) is 182 Å². The molecule has 8 aromatic carbocycles. The summed E-state index contributed by atoms with van der Waals surface area (Å²) >= 11 is 0. The number of rotatable bonds is 6. The lowest BCUT2D eigenvalue weighted by molar-refractivity contribution is 1.18. The van der Waals surface area contributed by atoms with Crippen molar-refractivity contribution < 1.29 is 0 Å². The third kappa shape index (κ3) is 5.44. The fourth-order valence-corrected chi connectivity index (χ4v) is 8.09. The maximum absolute atomic E-state index is 11.0. The molecule has 0 aliphatic heterocycles. The normalized spacial score (nSPS) is 10.9. The van der Waals surface area contributed by atoms with Crippen LogP contribution in [0.2, 0.25) is 0 Å². The van der Waals surface area contributed by atoms with Crippen molar-refractivity contribution in [1.82, 2.24) is 4.57 Å². The van der Waals surface area contributed by atoms with E-state index in [9.17, 15) is 15.8 Å². The summed E-state index contributed by atoms with van der Waals surface area (Å²) in [6.45, 7) is 0. The molecule has 1 aromatic heterocycles. The third-order valence-electron chi connectivity index (χ3n) is 10.3. The van der Waals surface area contributed by atoms with Crippen LogP contribution < -0.4 is 0 Å². The Kier molecular flexibility index (Phi) is 8.30. The third-order valence-corrected chi connectivity index (χ3v) is 10.3. The van der Waals surface area contributed by atoms with Crippen LogP contribution >= 0.6 is 0 Å². The molecule has 0 saturated carbocycles. The lowest BCUT2D eigenvalue weighted by Gasteiger charge is -2.30. The summed E-state index contributed by atoms with van der Waals surface area (Å²) in [4.78, 5) is 0. The Morgan fingerprint density at radius 3 is 1.07 bits per heavy atom. The van der Waals surface area contributed by atoms with E-state index < -0.39 is 0 Å². The van der Waals surface area contributed by atoms with Gasteiger partial charge in [0.05, 0.1) is 51.6 Å². The van der Waals surface area contributed by atoms with Gasteiger partial charge < -0.3 is 4.57 Å². The first-order chi connectivity index (χ1) is 27.2. The van der Waals surface area contributed by atoms with Gasteiger partial charge in [0.1, 0.15) is 0 Å². The van der Waals surface area contributed by atoms with Gasteiger partial charge >= 0.3 is 0 Å². The highest BCUT2D eigenvalue weighted by Gasteiger charge is 2.32. The zero-order valence-electron chi connectivity index (χ0n) is 29.6. The SMILES string of the molecule is N#Cc1cc(C#N)c(-c2c(-c3ccccc3)c(-c3ccccc3)c(-c3ccccc3)c(-c3ccccc3)c2-n2c3ccccc3c3ccccc32)c(C#N)c1. The van der Waals surface area contributed by atoms with Crippen LogP contribution in [0.5, 0.6) is 0 Å². The van der Waals surface area contributed by atoms with Crippen LogP contribution in [0, 0.1) is 34.0 Å². The van der Waals surface area contributed by atoms with Crippen LogP contribution in [-0.4, -0.2) is 4.57 Å². The minimum absolute atomic E-state index is 0.250. The Morgan fingerprint density at radius 2 is 0.673 bits per heavy atom. The molecule has 0 unspecified atom stereocenters. The molecule has 254 valence electrons. The van der Waals surface area contributed by atoms with Gasteiger partial charge in [-0.05, 0) is 52.1 Å². The van der Waals surface area contributed by atoms with Gasteiger partial charge in [-0.3, -0.25) is 0 Å². The number of nitrogens with zero attached hydrogens (tertiary/aromatic N) is 4. The van der Waals surface area contributed by atoms with Gasteiger partial charge in [0.2, 0.25) is 0 Å². The van der Waals surface area contributed by atoms with Crippen molar-refractivity contribution in [3.63, 3.8) is 0 Å². The van der Waals surface area contributed by atoms with Crippen LogP contribution in [0.3, 0.4) is 0 Å². The van der Waals surface area contributed by atoms with Gasteiger partial charge in [-0.15, -0.1) is 0 Å². The summed E-state index contributed by atoms with van der Waals surface area (Å²) < 4.78 is 2.32. The zero-order valence-corrected chi connectivity index (χ0v) is 29.6. The molecule has 0 aliphatic carbocycles. The lowest BCUT2D eigenvalue weighted by Crippen LogP contribution is -2.08. The Bertz CT molecular complexity index is 2940. The second-order valence-corrected chi connectivity index (χ2v) is 13.3. The standard InChI is InChI=1S/C51H30N4/c52-31-34-29-39(32-53)45(40(30-34)33-54)50-48(37-21-9-3-10-22-37)46(35-17-5-1-6-18-35)47(36-19-7-2-8-20-36)49(38-23-11-4-12-24-38)51(50)55-43-27-15-13-25-41(43)42-26-14-16-28-44(42)55/h1-30H. The summed E-state index contributed by atoms with van der Waals surface area (Å²) in [5, 5.41) is 34.2. The fraction of sp³-hybridized carbons (Fsp3) is 0. The molecule has 55 heavy (non-hydrogen) atoms. The fourth-order valence-electron chi connectivity index (χ4n) is 8.09. The number of hydrogen-bond donors (Lipinski definition) is 0. The first kappa shape index (κ1) is 32.9. The van der Waals surface area contributed by atoms with E-state index in [1.54, 1.807) is 12.1 Å². The first-order valence-electron chi connectivity index (χ1n) is 18.0. The Morgan fingerprint density at radius 1 is 0.327 bits per heavy atom. The molecule has 9 aromatic rings. The molecule has 4 nitrogen and oxygen atoms in total.